The van der Waals surface area contributed by atoms with Gasteiger partial charge in [-0.15, -0.1) is 11.3 Å². The van der Waals surface area contributed by atoms with Gasteiger partial charge in [-0.2, -0.15) is 0 Å². The van der Waals surface area contributed by atoms with E-state index in [9.17, 15) is 22.8 Å². The van der Waals surface area contributed by atoms with Crippen LogP contribution in [0.3, 0.4) is 0 Å². The van der Waals surface area contributed by atoms with Crippen LogP contribution in [0.4, 0.5) is 5.13 Å². The molecule has 1 saturated heterocycles. The fourth-order valence-electron chi connectivity index (χ4n) is 6.25. The first-order valence-electron chi connectivity index (χ1n) is 15.3. The predicted molar refractivity (Wildman–Crippen MR) is 166 cm³/mol. The third-order valence-electron chi connectivity index (χ3n) is 8.97. The lowest BCUT2D eigenvalue weighted by Gasteiger charge is -2.30. The SMILES string of the molecule is Cc1sc(NC2CCCCC/C=C\C3CC3(C(=O)NS(=O)(=O)C3CC3)NC(=O)C3CCCN3C2=O)nc1-c1ccccc1. The summed E-state index contributed by atoms with van der Waals surface area (Å²) in [5.41, 5.74) is 0.578. The van der Waals surface area contributed by atoms with E-state index in [1.165, 1.54) is 11.3 Å². The Balaban J connectivity index is 1.22. The van der Waals surface area contributed by atoms with Crippen molar-refractivity contribution in [3.05, 3.63) is 47.4 Å². The van der Waals surface area contributed by atoms with Crippen LogP contribution in [-0.2, 0) is 24.4 Å². The van der Waals surface area contributed by atoms with Crippen LogP contribution in [0.2, 0.25) is 0 Å². The number of carbonyl (C=O) groups excluding carboxylic acids is 3. The Morgan fingerprint density at radius 3 is 2.63 bits per heavy atom. The first kappa shape index (κ1) is 29.8. The van der Waals surface area contributed by atoms with Gasteiger partial charge < -0.3 is 15.5 Å². The molecule has 1 aromatic heterocycles. The average Bonchev–Trinajstić information content (AvgIpc) is 3.87. The lowest BCUT2D eigenvalue weighted by molar-refractivity contribution is -0.140. The van der Waals surface area contributed by atoms with Gasteiger partial charge >= 0.3 is 0 Å². The Morgan fingerprint density at radius 2 is 1.86 bits per heavy atom. The number of fused-ring (bicyclic) bond motifs is 2. The molecule has 10 nitrogen and oxygen atoms in total. The predicted octanol–water partition coefficient (Wildman–Crippen LogP) is 3.89. The largest absolute Gasteiger partial charge is 0.350 e. The number of rotatable bonds is 6. The van der Waals surface area contributed by atoms with Gasteiger partial charge in [0.05, 0.1) is 10.9 Å². The zero-order chi connectivity index (χ0) is 30.2. The molecule has 4 aliphatic rings. The molecule has 2 aliphatic carbocycles. The molecule has 230 valence electrons. The van der Waals surface area contributed by atoms with Gasteiger partial charge in [0.1, 0.15) is 17.6 Å². The molecule has 3 amide bonds. The first-order valence-corrected chi connectivity index (χ1v) is 17.7. The molecule has 43 heavy (non-hydrogen) atoms. The van der Waals surface area contributed by atoms with Crippen LogP contribution in [0.25, 0.3) is 11.3 Å². The number of carbonyl (C=O) groups is 3. The lowest BCUT2D eigenvalue weighted by atomic mass is 10.1. The van der Waals surface area contributed by atoms with Crippen molar-refractivity contribution in [3.63, 3.8) is 0 Å². The zero-order valence-corrected chi connectivity index (χ0v) is 26.0. The van der Waals surface area contributed by atoms with E-state index in [-0.39, 0.29) is 11.8 Å². The highest BCUT2D eigenvalue weighted by atomic mass is 32.2. The molecular formula is C31H39N5O5S2. The number of hydrogen-bond donors (Lipinski definition) is 3. The molecule has 12 heteroatoms. The van der Waals surface area contributed by atoms with Crippen molar-refractivity contribution in [1.29, 1.82) is 0 Å². The summed E-state index contributed by atoms with van der Waals surface area (Å²) in [6.07, 6.45) is 10.6. The van der Waals surface area contributed by atoms with Crippen molar-refractivity contribution in [2.75, 3.05) is 11.9 Å². The first-order chi connectivity index (χ1) is 20.7. The number of nitrogens with zero attached hydrogens (tertiary/aromatic N) is 2. The molecule has 2 aromatic rings. The maximum atomic E-state index is 14.0. The molecule has 3 fully saturated rings. The molecule has 0 radical (unpaired) electrons. The van der Waals surface area contributed by atoms with Crippen LogP contribution in [0.15, 0.2) is 42.5 Å². The average molecular weight is 626 g/mol. The molecule has 1 aromatic carbocycles. The Kier molecular flexibility index (Phi) is 8.34. The van der Waals surface area contributed by atoms with E-state index in [2.05, 4.69) is 15.4 Å². The van der Waals surface area contributed by atoms with Crippen molar-refractivity contribution in [3.8, 4) is 11.3 Å². The molecule has 6 rings (SSSR count). The third-order valence-corrected chi connectivity index (χ3v) is 11.7. The second-order valence-corrected chi connectivity index (χ2v) is 15.4. The van der Waals surface area contributed by atoms with Crippen LogP contribution >= 0.6 is 11.3 Å². The van der Waals surface area contributed by atoms with Crippen LogP contribution in [0.1, 0.15) is 69.1 Å². The highest BCUT2D eigenvalue weighted by Gasteiger charge is 2.61. The van der Waals surface area contributed by atoms with E-state index < -0.39 is 44.7 Å². The highest BCUT2D eigenvalue weighted by molar-refractivity contribution is 7.91. The van der Waals surface area contributed by atoms with Gasteiger partial charge in [-0.1, -0.05) is 55.3 Å². The van der Waals surface area contributed by atoms with Gasteiger partial charge in [-0.3, -0.25) is 19.1 Å². The Bertz CT molecular complexity index is 1520. The molecular weight excluding hydrogens is 587 g/mol. The number of aromatic nitrogens is 1. The van der Waals surface area contributed by atoms with Gasteiger partial charge in [-0.05, 0) is 58.3 Å². The second kappa shape index (κ2) is 12.0. The minimum absolute atomic E-state index is 0.151. The van der Waals surface area contributed by atoms with Crippen LogP contribution < -0.4 is 15.4 Å². The molecule has 3 N–H and O–H groups in total. The fourth-order valence-corrected chi connectivity index (χ4v) is 8.50. The van der Waals surface area contributed by atoms with Gasteiger partial charge in [0.15, 0.2) is 5.13 Å². The summed E-state index contributed by atoms with van der Waals surface area (Å²) in [5, 5.41) is 6.44. The highest BCUT2D eigenvalue weighted by Crippen LogP contribution is 2.46. The monoisotopic (exact) mass is 625 g/mol. The van der Waals surface area contributed by atoms with Crippen molar-refractivity contribution < 1.29 is 22.8 Å². The van der Waals surface area contributed by atoms with E-state index >= 15 is 0 Å². The smallest absolute Gasteiger partial charge is 0.259 e. The molecule has 2 saturated carbocycles. The standard InChI is InChI=1S/C31H39N5O5S2/c1-20-26(21-11-6-5-7-12-21)33-30(42-20)32-24-14-9-4-2-3-8-13-22-19-31(22,29(39)35-43(40,41)23-16-17-23)34-27(37)25-15-10-18-36(25)28(24)38/h5-8,11-13,22-25H,2-4,9-10,14-19H2,1H3,(H,32,33)(H,34,37)(H,35,39)/b13-8-. The molecule has 4 atom stereocenters. The Morgan fingerprint density at radius 1 is 1.07 bits per heavy atom. The van der Waals surface area contributed by atoms with Crippen LogP contribution in [0.5, 0.6) is 0 Å². The fraction of sp³-hybridized carbons (Fsp3) is 0.548. The van der Waals surface area contributed by atoms with Crippen molar-refractivity contribution in [1.82, 2.24) is 19.9 Å². The van der Waals surface area contributed by atoms with Gasteiger partial charge in [0.2, 0.25) is 21.8 Å². The Labute approximate surface area is 256 Å². The molecule has 2 aliphatic heterocycles. The summed E-state index contributed by atoms with van der Waals surface area (Å²) in [5.74, 6) is -1.54. The third kappa shape index (κ3) is 6.35. The number of amides is 3. The van der Waals surface area contributed by atoms with E-state index in [1.54, 1.807) is 4.90 Å². The summed E-state index contributed by atoms with van der Waals surface area (Å²) in [6, 6.07) is 8.67. The second-order valence-electron chi connectivity index (χ2n) is 12.2. The number of sulfonamides is 1. The van der Waals surface area contributed by atoms with E-state index in [0.29, 0.717) is 50.2 Å². The topological polar surface area (TPSA) is 138 Å². The maximum Gasteiger partial charge on any atom is 0.259 e. The number of aryl methyl sites for hydroxylation is 1. The van der Waals surface area contributed by atoms with Crippen molar-refractivity contribution in [2.45, 2.75) is 94.0 Å². The minimum Gasteiger partial charge on any atom is -0.350 e. The number of hydrogen-bond acceptors (Lipinski definition) is 8. The van der Waals surface area contributed by atoms with Crippen molar-refractivity contribution in [2.24, 2.45) is 5.92 Å². The van der Waals surface area contributed by atoms with E-state index in [4.69, 9.17) is 4.98 Å². The van der Waals surface area contributed by atoms with Gasteiger partial charge in [-0.25, -0.2) is 13.4 Å². The number of thiazole rings is 1. The summed E-state index contributed by atoms with van der Waals surface area (Å²) in [6.45, 7) is 2.46. The summed E-state index contributed by atoms with van der Waals surface area (Å²) in [7, 11) is -3.77. The van der Waals surface area contributed by atoms with Crippen molar-refractivity contribution >= 4 is 44.2 Å². The normalized spacial score (nSPS) is 29.0. The van der Waals surface area contributed by atoms with Crippen LogP contribution in [-0.4, -0.2) is 65.4 Å². The number of allylic oxidation sites excluding steroid dienone is 1. The number of benzene rings is 1. The quantitative estimate of drug-likeness (QED) is 0.414. The minimum atomic E-state index is -3.77. The van der Waals surface area contributed by atoms with Gasteiger partial charge in [0.25, 0.3) is 5.91 Å². The number of nitrogens with one attached hydrogen (secondary N) is 3. The van der Waals surface area contributed by atoms with Crippen LogP contribution in [0, 0.1) is 12.8 Å². The summed E-state index contributed by atoms with van der Waals surface area (Å²) < 4.78 is 27.4. The lowest BCUT2D eigenvalue weighted by Crippen LogP contribution is -2.57. The maximum absolute atomic E-state index is 14.0. The summed E-state index contributed by atoms with van der Waals surface area (Å²) >= 11 is 1.51. The molecule has 0 spiro atoms. The number of anilines is 1. The zero-order valence-electron chi connectivity index (χ0n) is 24.4. The van der Waals surface area contributed by atoms with Gasteiger partial charge in [0, 0.05) is 22.9 Å². The molecule has 0 bridgehead atoms. The molecule has 4 unspecified atom stereocenters. The molecule has 3 heterocycles. The van der Waals surface area contributed by atoms with E-state index in [1.807, 2.05) is 49.4 Å². The summed E-state index contributed by atoms with van der Waals surface area (Å²) in [4.78, 5) is 48.6. The van der Waals surface area contributed by atoms with E-state index in [0.717, 1.165) is 41.8 Å². The Hall–Kier alpha value is -3.25.